The molecule has 5 aromatic rings. The van der Waals surface area contributed by atoms with Crippen molar-refractivity contribution in [2.45, 2.75) is 13.8 Å². The number of hydrazone groups is 1. The van der Waals surface area contributed by atoms with E-state index in [1.807, 2.05) is 74.5 Å². The third-order valence-corrected chi connectivity index (χ3v) is 6.43. The summed E-state index contributed by atoms with van der Waals surface area (Å²) in [6.45, 7) is 4.16. The lowest BCUT2D eigenvalue weighted by Crippen LogP contribution is -2.18. The molecule has 0 saturated carbocycles. The lowest BCUT2D eigenvalue weighted by Gasteiger charge is -2.11. The monoisotopic (exact) mass is 547 g/mol. The summed E-state index contributed by atoms with van der Waals surface area (Å²) in [6.07, 6.45) is 1.50. The molecule has 5 rings (SSSR count). The van der Waals surface area contributed by atoms with Crippen LogP contribution in [-0.4, -0.2) is 36.8 Å². The van der Waals surface area contributed by atoms with Gasteiger partial charge in [0.15, 0.2) is 11.5 Å². The number of carbonyl (C=O) groups is 2. The third kappa shape index (κ3) is 6.12. The molecular weight excluding hydrogens is 518 g/mol. The van der Waals surface area contributed by atoms with Crippen LogP contribution in [0.15, 0.2) is 96.1 Å². The number of methoxy groups -OCH3 is 1. The second kappa shape index (κ2) is 12.2. The number of aryl methyl sites for hydroxylation is 1. The van der Waals surface area contributed by atoms with Crippen LogP contribution in [0.3, 0.4) is 0 Å². The molecule has 0 unspecified atom stereocenters. The Balaban J connectivity index is 1.36. The first-order valence-electron chi connectivity index (χ1n) is 13.1. The van der Waals surface area contributed by atoms with Gasteiger partial charge in [0.25, 0.3) is 5.91 Å². The molecule has 2 N–H and O–H groups in total. The number of esters is 1. The zero-order valence-corrected chi connectivity index (χ0v) is 22.9. The summed E-state index contributed by atoms with van der Waals surface area (Å²) < 4.78 is 16.7. The van der Waals surface area contributed by atoms with E-state index in [0.29, 0.717) is 40.7 Å². The number of rotatable bonds is 9. The Morgan fingerprint density at radius 3 is 2.44 bits per heavy atom. The van der Waals surface area contributed by atoms with Crippen molar-refractivity contribution < 1.29 is 23.8 Å². The number of amides is 1. The summed E-state index contributed by atoms with van der Waals surface area (Å²) in [5.74, 6) is 0.490. The van der Waals surface area contributed by atoms with Crippen LogP contribution >= 0.6 is 0 Å². The predicted octanol–water partition coefficient (Wildman–Crippen LogP) is 6.53. The fraction of sp³-hybridized carbons (Fsp3) is 0.121. The third-order valence-electron chi connectivity index (χ3n) is 6.43. The van der Waals surface area contributed by atoms with Gasteiger partial charge in [-0.05, 0) is 73.5 Å². The molecule has 0 aliphatic rings. The number of aromatic amines is 1. The van der Waals surface area contributed by atoms with E-state index in [1.54, 1.807) is 37.4 Å². The van der Waals surface area contributed by atoms with E-state index >= 15 is 0 Å². The van der Waals surface area contributed by atoms with Crippen molar-refractivity contribution in [3.8, 4) is 28.4 Å². The summed E-state index contributed by atoms with van der Waals surface area (Å²) in [5.41, 5.74) is 7.57. The fourth-order valence-electron chi connectivity index (χ4n) is 4.40. The van der Waals surface area contributed by atoms with Crippen molar-refractivity contribution in [2.75, 3.05) is 13.7 Å². The van der Waals surface area contributed by atoms with E-state index in [4.69, 9.17) is 14.2 Å². The molecule has 0 saturated heterocycles. The first-order chi connectivity index (χ1) is 20.0. The SMILES string of the molecule is CCOc1cc(C=NNC(=O)c2[nH]c3ccc(OC)cc3c2-c2ccccc2)ccc1OC(=O)c1ccc(C)cc1. The molecule has 0 atom stereocenters. The van der Waals surface area contributed by atoms with Gasteiger partial charge in [-0.2, -0.15) is 5.10 Å². The lowest BCUT2D eigenvalue weighted by atomic mass is 10.0. The second-order valence-corrected chi connectivity index (χ2v) is 9.25. The zero-order valence-electron chi connectivity index (χ0n) is 22.9. The normalized spacial score (nSPS) is 11.0. The van der Waals surface area contributed by atoms with Gasteiger partial charge >= 0.3 is 5.97 Å². The Hall–Kier alpha value is -5.37. The minimum Gasteiger partial charge on any atom is -0.497 e. The highest BCUT2D eigenvalue weighted by atomic mass is 16.6. The van der Waals surface area contributed by atoms with Gasteiger partial charge in [0.1, 0.15) is 11.4 Å². The Bertz CT molecular complexity index is 1720. The molecule has 0 fully saturated rings. The number of H-pyrrole nitrogens is 1. The summed E-state index contributed by atoms with van der Waals surface area (Å²) in [7, 11) is 1.61. The highest BCUT2D eigenvalue weighted by molar-refractivity contribution is 6.10. The van der Waals surface area contributed by atoms with Gasteiger partial charge in [-0.25, -0.2) is 10.2 Å². The van der Waals surface area contributed by atoms with Crippen molar-refractivity contribution in [3.63, 3.8) is 0 Å². The van der Waals surface area contributed by atoms with Crippen molar-refractivity contribution >= 4 is 29.0 Å². The van der Waals surface area contributed by atoms with Gasteiger partial charge in [-0.1, -0.05) is 48.0 Å². The van der Waals surface area contributed by atoms with Gasteiger partial charge < -0.3 is 19.2 Å². The molecule has 1 heterocycles. The number of fused-ring (bicyclic) bond motifs is 1. The van der Waals surface area contributed by atoms with Crippen LogP contribution in [0, 0.1) is 6.92 Å². The highest BCUT2D eigenvalue weighted by Gasteiger charge is 2.20. The molecule has 8 nitrogen and oxygen atoms in total. The van der Waals surface area contributed by atoms with Crippen LogP contribution in [-0.2, 0) is 0 Å². The van der Waals surface area contributed by atoms with Gasteiger partial charge in [0.05, 0.1) is 25.5 Å². The first-order valence-corrected chi connectivity index (χ1v) is 13.1. The van der Waals surface area contributed by atoms with E-state index < -0.39 is 11.9 Å². The molecule has 1 aromatic heterocycles. The van der Waals surface area contributed by atoms with Crippen molar-refractivity contribution in [1.82, 2.24) is 10.4 Å². The number of ether oxygens (including phenoxy) is 3. The molecule has 0 aliphatic heterocycles. The minimum atomic E-state index is -0.482. The van der Waals surface area contributed by atoms with Crippen LogP contribution in [0.1, 0.15) is 38.9 Å². The van der Waals surface area contributed by atoms with Crippen molar-refractivity contribution in [3.05, 3.63) is 113 Å². The number of aromatic nitrogens is 1. The summed E-state index contributed by atoms with van der Waals surface area (Å²) in [5, 5.41) is 5.03. The number of hydrogen-bond donors (Lipinski definition) is 2. The van der Waals surface area contributed by atoms with E-state index in [1.165, 1.54) is 6.21 Å². The quantitative estimate of drug-likeness (QED) is 0.0945. The molecular formula is C33H29N3O5. The predicted molar refractivity (Wildman–Crippen MR) is 159 cm³/mol. The van der Waals surface area contributed by atoms with Gasteiger partial charge in [-0.3, -0.25) is 4.79 Å². The van der Waals surface area contributed by atoms with Gasteiger partial charge in [-0.15, -0.1) is 0 Å². The van der Waals surface area contributed by atoms with Crippen molar-refractivity contribution in [1.29, 1.82) is 0 Å². The van der Waals surface area contributed by atoms with Crippen molar-refractivity contribution in [2.24, 2.45) is 5.10 Å². The number of carbonyl (C=O) groups excluding carboxylic acids is 2. The van der Waals surface area contributed by atoms with Crippen LogP contribution in [0.4, 0.5) is 0 Å². The van der Waals surface area contributed by atoms with E-state index in [0.717, 1.165) is 27.6 Å². The van der Waals surface area contributed by atoms with Gasteiger partial charge in [0.2, 0.25) is 0 Å². The second-order valence-electron chi connectivity index (χ2n) is 9.25. The van der Waals surface area contributed by atoms with Crippen LogP contribution in [0.5, 0.6) is 17.2 Å². The average molecular weight is 548 g/mol. The fourth-order valence-corrected chi connectivity index (χ4v) is 4.40. The van der Waals surface area contributed by atoms with Gasteiger partial charge in [0, 0.05) is 16.5 Å². The Morgan fingerprint density at radius 2 is 1.71 bits per heavy atom. The average Bonchev–Trinajstić information content (AvgIpc) is 3.38. The highest BCUT2D eigenvalue weighted by Crippen LogP contribution is 2.34. The first kappa shape index (κ1) is 27.2. The maximum Gasteiger partial charge on any atom is 0.343 e. The van der Waals surface area contributed by atoms with Crippen LogP contribution in [0.2, 0.25) is 0 Å². The molecule has 8 heteroatoms. The Morgan fingerprint density at radius 1 is 0.927 bits per heavy atom. The maximum atomic E-state index is 13.3. The minimum absolute atomic E-state index is 0.291. The molecule has 0 radical (unpaired) electrons. The number of hydrogen-bond acceptors (Lipinski definition) is 6. The maximum absolute atomic E-state index is 13.3. The zero-order chi connectivity index (χ0) is 28.8. The standard InChI is InChI=1S/C33H29N3O5/c1-4-40-29-18-22(12-17-28(29)41-33(38)24-13-10-21(2)11-14-24)20-34-36-32(37)31-30(23-8-6-5-7-9-23)26-19-25(39-3)15-16-27(26)35-31/h5-20,35H,4H2,1-3H3,(H,36,37). The summed E-state index contributed by atoms with van der Waals surface area (Å²) >= 11 is 0. The molecule has 41 heavy (non-hydrogen) atoms. The number of nitrogens with one attached hydrogen (secondary N) is 2. The Labute approximate surface area is 237 Å². The molecule has 4 aromatic carbocycles. The van der Waals surface area contributed by atoms with Crippen LogP contribution in [0.25, 0.3) is 22.0 Å². The van der Waals surface area contributed by atoms with E-state index in [2.05, 4.69) is 15.5 Å². The van der Waals surface area contributed by atoms with Crippen LogP contribution < -0.4 is 19.6 Å². The molecule has 0 aliphatic carbocycles. The summed E-state index contributed by atoms with van der Waals surface area (Å²) in [6, 6.07) is 27.5. The Kier molecular flexibility index (Phi) is 8.10. The number of nitrogens with zero attached hydrogens (tertiary/aromatic N) is 1. The molecule has 206 valence electrons. The lowest BCUT2D eigenvalue weighted by molar-refractivity contribution is 0.0728. The molecule has 0 bridgehead atoms. The largest absolute Gasteiger partial charge is 0.497 e. The molecule has 1 amide bonds. The van der Waals surface area contributed by atoms with E-state index in [-0.39, 0.29) is 0 Å². The smallest absolute Gasteiger partial charge is 0.343 e. The topological polar surface area (TPSA) is 102 Å². The molecule has 0 spiro atoms. The number of benzene rings is 4. The van der Waals surface area contributed by atoms with E-state index in [9.17, 15) is 9.59 Å². The summed E-state index contributed by atoms with van der Waals surface area (Å²) in [4.78, 5) is 29.1.